The van der Waals surface area contributed by atoms with Gasteiger partial charge in [-0.15, -0.1) is 0 Å². The summed E-state index contributed by atoms with van der Waals surface area (Å²) in [6, 6.07) is 0. The van der Waals surface area contributed by atoms with Crippen molar-refractivity contribution in [3.8, 4) is 0 Å². The van der Waals surface area contributed by atoms with Crippen LogP contribution >= 0.6 is 0 Å². The fraction of sp³-hybridized carbons (Fsp3) is 0.909. The lowest BCUT2D eigenvalue weighted by molar-refractivity contribution is -0.864. The van der Waals surface area contributed by atoms with Crippen LogP contribution in [0, 0.1) is 0 Å². The number of aliphatic carboxylic acids is 1. The van der Waals surface area contributed by atoms with Crippen molar-refractivity contribution in [2.45, 2.75) is 19.8 Å². The number of nitrogens with zero attached hydrogens (tertiary/aromatic N) is 2. The molecule has 0 amide bonds. The Hall–Kier alpha value is -0.740. The molecule has 20 heavy (non-hydrogen) atoms. The van der Waals surface area contributed by atoms with Crippen LogP contribution in [0.2, 0.25) is 0 Å². The number of carbonyl (C=O) groups excluding carboxylic acids is 1. The third-order valence-electron chi connectivity index (χ3n) is 1.96. The van der Waals surface area contributed by atoms with E-state index in [2.05, 4.69) is 0 Å². The molecule has 0 aromatic rings. The summed E-state index contributed by atoms with van der Waals surface area (Å²) < 4.78 is 29.3. The lowest BCUT2D eigenvalue weighted by Gasteiger charge is -2.23. The SMILES string of the molecule is CCCN(N)CCCS(=O)(=O)O.C[N+](C)(C)CC(=O)[O-]. The lowest BCUT2D eigenvalue weighted by Crippen LogP contribution is -2.45. The smallest absolute Gasteiger partial charge is 0.264 e. The molecule has 0 rings (SSSR count). The Morgan fingerprint density at radius 3 is 2.05 bits per heavy atom. The van der Waals surface area contributed by atoms with Gasteiger partial charge >= 0.3 is 0 Å². The monoisotopic (exact) mass is 313 g/mol. The summed E-state index contributed by atoms with van der Waals surface area (Å²) in [4.78, 5) is 9.89. The van der Waals surface area contributed by atoms with Crippen molar-refractivity contribution in [1.82, 2.24) is 5.01 Å². The predicted octanol–water partition coefficient (Wildman–Crippen LogP) is -1.71. The van der Waals surface area contributed by atoms with E-state index in [1.165, 1.54) is 0 Å². The normalized spacial score (nSPS) is 11.9. The molecular weight excluding hydrogens is 286 g/mol. The minimum Gasteiger partial charge on any atom is -0.544 e. The quantitative estimate of drug-likeness (QED) is 0.237. The van der Waals surface area contributed by atoms with Crippen molar-refractivity contribution >= 4 is 16.1 Å². The van der Waals surface area contributed by atoms with E-state index in [1.807, 2.05) is 6.92 Å². The molecule has 0 saturated heterocycles. The third-order valence-corrected chi connectivity index (χ3v) is 2.77. The first-order chi connectivity index (χ1) is 8.87. The Kier molecular flexibility index (Phi) is 10.8. The van der Waals surface area contributed by atoms with Gasteiger partial charge in [-0.25, -0.2) is 5.01 Å². The Morgan fingerprint density at radius 2 is 1.80 bits per heavy atom. The first-order valence-corrected chi connectivity index (χ1v) is 7.93. The number of hydrazine groups is 1. The number of carbonyl (C=O) groups is 1. The van der Waals surface area contributed by atoms with Gasteiger partial charge in [0.1, 0.15) is 6.54 Å². The summed E-state index contributed by atoms with van der Waals surface area (Å²) >= 11 is 0. The van der Waals surface area contributed by atoms with Gasteiger partial charge in [0.05, 0.1) is 32.9 Å². The molecule has 122 valence electrons. The molecule has 9 heteroatoms. The van der Waals surface area contributed by atoms with Gasteiger partial charge in [0, 0.05) is 13.1 Å². The molecule has 0 aliphatic carbocycles. The molecule has 3 N–H and O–H groups in total. The molecule has 0 radical (unpaired) electrons. The van der Waals surface area contributed by atoms with Crippen molar-refractivity contribution < 1.29 is 27.4 Å². The number of hydrogen-bond donors (Lipinski definition) is 2. The van der Waals surface area contributed by atoms with E-state index in [-0.39, 0.29) is 12.3 Å². The second-order valence-electron chi connectivity index (χ2n) is 5.50. The summed E-state index contributed by atoms with van der Waals surface area (Å²) in [5.74, 6) is 4.25. The molecule has 0 heterocycles. The molecule has 0 aliphatic rings. The van der Waals surface area contributed by atoms with Crippen molar-refractivity contribution in [2.24, 2.45) is 5.84 Å². The zero-order valence-corrected chi connectivity index (χ0v) is 13.5. The summed E-state index contributed by atoms with van der Waals surface area (Å²) in [7, 11) is 1.59. The van der Waals surface area contributed by atoms with Crippen molar-refractivity contribution in [3.63, 3.8) is 0 Å². The Bertz CT molecular complexity index is 365. The number of hydrogen-bond acceptors (Lipinski definition) is 6. The van der Waals surface area contributed by atoms with Crippen molar-refractivity contribution in [2.75, 3.05) is 46.5 Å². The van der Waals surface area contributed by atoms with Gasteiger partial charge in [0.15, 0.2) is 0 Å². The maximum Gasteiger partial charge on any atom is 0.264 e. The number of carboxylic acid groups (broad SMARTS) is 1. The maximum absolute atomic E-state index is 10.3. The highest BCUT2D eigenvalue weighted by Crippen LogP contribution is 1.91. The molecule has 0 saturated carbocycles. The zero-order chi connectivity index (χ0) is 16.4. The first kappa shape index (κ1) is 21.6. The van der Waals surface area contributed by atoms with Gasteiger partial charge < -0.3 is 14.4 Å². The predicted molar refractivity (Wildman–Crippen MR) is 75.0 cm³/mol. The van der Waals surface area contributed by atoms with E-state index in [0.29, 0.717) is 17.4 Å². The Balaban J connectivity index is 0. The summed E-state index contributed by atoms with van der Waals surface area (Å²) in [6.07, 6.45) is 1.30. The second kappa shape index (κ2) is 10.1. The van der Waals surface area contributed by atoms with Gasteiger partial charge in [0.2, 0.25) is 0 Å². The minimum atomic E-state index is -3.82. The van der Waals surface area contributed by atoms with Crippen molar-refractivity contribution in [1.29, 1.82) is 0 Å². The molecular formula is C11H27N3O5S. The average Bonchev–Trinajstić information content (AvgIpc) is 2.12. The van der Waals surface area contributed by atoms with Crippen molar-refractivity contribution in [3.05, 3.63) is 0 Å². The van der Waals surface area contributed by atoms with Crippen LogP contribution in [-0.4, -0.2) is 75.0 Å². The van der Waals surface area contributed by atoms with E-state index >= 15 is 0 Å². The van der Waals surface area contributed by atoms with Gasteiger partial charge in [-0.05, 0) is 12.8 Å². The molecule has 0 atom stereocenters. The number of likely N-dealkylation sites (N-methyl/N-ethyl adjacent to an activating group) is 1. The van der Waals surface area contributed by atoms with E-state index in [0.717, 1.165) is 13.0 Å². The topological polar surface area (TPSA) is 124 Å². The number of rotatable bonds is 8. The van der Waals surface area contributed by atoms with Crippen LogP contribution in [-0.2, 0) is 14.9 Å². The van der Waals surface area contributed by atoms with Crippen LogP contribution in [0.1, 0.15) is 19.8 Å². The van der Waals surface area contributed by atoms with Crippen LogP contribution < -0.4 is 10.9 Å². The Labute approximate surface area is 121 Å². The molecule has 0 bridgehead atoms. The van der Waals surface area contributed by atoms with Crippen LogP contribution in [0.4, 0.5) is 0 Å². The van der Waals surface area contributed by atoms with Crippen LogP contribution in [0.25, 0.3) is 0 Å². The second-order valence-corrected chi connectivity index (χ2v) is 7.07. The van der Waals surface area contributed by atoms with Crippen LogP contribution in [0.3, 0.4) is 0 Å². The van der Waals surface area contributed by atoms with Gasteiger partial charge in [-0.3, -0.25) is 10.4 Å². The van der Waals surface area contributed by atoms with Crippen LogP contribution in [0.5, 0.6) is 0 Å². The fourth-order valence-electron chi connectivity index (χ4n) is 1.24. The molecule has 0 aromatic heterocycles. The molecule has 0 unspecified atom stereocenters. The van der Waals surface area contributed by atoms with E-state index in [4.69, 9.17) is 10.4 Å². The number of nitrogens with two attached hydrogens (primary N) is 1. The minimum absolute atomic E-state index is 0.0694. The summed E-state index contributed by atoms with van der Waals surface area (Å²) in [6.45, 7) is 3.29. The molecule has 0 spiro atoms. The van der Waals surface area contributed by atoms with E-state index < -0.39 is 16.1 Å². The molecule has 0 aliphatic heterocycles. The van der Waals surface area contributed by atoms with Gasteiger partial charge in [-0.1, -0.05) is 6.92 Å². The molecule has 0 fully saturated rings. The highest BCUT2D eigenvalue weighted by Gasteiger charge is 2.05. The van der Waals surface area contributed by atoms with E-state index in [9.17, 15) is 18.3 Å². The fourth-order valence-corrected chi connectivity index (χ4v) is 1.73. The highest BCUT2D eigenvalue weighted by atomic mass is 32.2. The largest absolute Gasteiger partial charge is 0.544 e. The zero-order valence-electron chi connectivity index (χ0n) is 12.7. The maximum atomic E-state index is 10.3. The number of quaternary nitrogens is 1. The van der Waals surface area contributed by atoms with Crippen LogP contribution in [0.15, 0.2) is 0 Å². The number of carboxylic acids is 1. The van der Waals surface area contributed by atoms with E-state index in [1.54, 1.807) is 26.2 Å². The van der Waals surface area contributed by atoms with Gasteiger partial charge in [-0.2, -0.15) is 8.42 Å². The highest BCUT2D eigenvalue weighted by molar-refractivity contribution is 7.85. The summed E-state index contributed by atoms with van der Waals surface area (Å²) in [5.41, 5.74) is 0. The van der Waals surface area contributed by atoms with Gasteiger partial charge in [0.25, 0.3) is 10.1 Å². The standard InChI is InChI=1S/C6H16N2O3S.C5H11NO2/c1-2-4-8(7)5-3-6-12(9,10)11;1-6(2,3)4-5(7)8/h2-7H2,1H3,(H,9,10,11);4H2,1-3H3. The summed E-state index contributed by atoms with van der Waals surface area (Å²) in [5, 5.41) is 11.4. The lowest BCUT2D eigenvalue weighted by atomic mass is 10.4. The third kappa shape index (κ3) is 22.4. The molecule has 8 nitrogen and oxygen atoms in total. The molecule has 0 aromatic carbocycles. The first-order valence-electron chi connectivity index (χ1n) is 6.32. The Morgan fingerprint density at radius 1 is 1.30 bits per heavy atom. The average molecular weight is 313 g/mol.